The third kappa shape index (κ3) is 2.75. The van der Waals surface area contributed by atoms with Crippen LogP contribution in [0.1, 0.15) is 18.4 Å². The molecule has 2 heterocycles. The van der Waals surface area contributed by atoms with Crippen LogP contribution in [0.3, 0.4) is 0 Å². The zero-order chi connectivity index (χ0) is 15.7. The van der Waals surface area contributed by atoms with Crippen LogP contribution in [-0.2, 0) is 20.8 Å². The van der Waals surface area contributed by atoms with Crippen LogP contribution < -0.4 is 5.32 Å². The summed E-state index contributed by atoms with van der Waals surface area (Å²) >= 11 is 1.64. The highest BCUT2D eigenvalue weighted by molar-refractivity contribution is 7.98. The quantitative estimate of drug-likeness (QED) is 0.672. The van der Waals surface area contributed by atoms with Crippen LogP contribution in [0, 0.1) is 5.41 Å². The molecule has 1 aromatic rings. The third-order valence-electron chi connectivity index (χ3n) is 4.43. The fourth-order valence-electron chi connectivity index (χ4n) is 3.17. The van der Waals surface area contributed by atoms with Crippen LogP contribution in [-0.4, -0.2) is 42.0 Å². The van der Waals surface area contributed by atoms with E-state index in [-0.39, 0.29) is 24.1 Å². The van der Waals surface area contributed by atoms with Crippen LogP contribution in [0.15, 0.2) is 29.2 Å². The van der Waals surface area contributed by atoms with Gasteiger partial charge in [0.2, 0.25) is 17.7 Å². The molecule has 3 amide bonds. The van der Waals surface area contributed by atoms with Gasteiger partial charge in [0.25, 0.3) is 0 Å². The number of amides is 3. The van der Waals surface area contributed by atoms with Gasteiger partial charge in [0.1, 0.15) is 0 Å². The summed E-state index contributed by atoms with van der Waals surface area (Å²) in [5, 5.41) is 2.36. The van der Waals surface area contributed by atoms with E-state index in [2.05, 4.69) is 5.32 Å². The molecule has 2 aliphatic rings. The Morgan fingerprint density at radius 3 is 2.91 bits per heavy atom. The molecule has 0 radical (unpaired) electrons. The Balaban J connectivity index is 1.67. The van der Waals surface area contributed by atoms with Crippen molar-refractivity contribution >= 4 is 29.5 Å². The Morgan fingerprint density at radius 1 is 1.41 bits per heavy atom. The van der Waals surface area contributed by atoms with Crippen molar-refractivity contribution in [3.05, 3.63) is 29.8 Å². The number of benzene rings is 1. The summed E-state index contributed by atoms with van der Waals surface area (Å²) in [5.74, 6) is -0.438. The van der Waals surface area contributed by atoms with Gasteiger partial charge in [-0.25, -0.2) is 0 Å². The minimum atomic E-state index is -0.687. The Kier molecular flexibility index (Phi) is 3.95. The predicted octanol–water partition coefficient (Wildman–Crippen LogP) is 1.22. The molecule has 22 heavy (non-hydrogen) atoms. The molecule has 1 N–H and O–H groups in total. The molecule has 1 atom stereocenters. The molecule has 116 valence electrons. The van der Waals surface area contributed by atoms with Gasteiger partial charge in [0.15, 0.2) is 0 Å². The molecule has 0 aromatic heterocycles. The van der Waals surface area contributed by atoms with Crippen molar-refractivity contribution in [2.24, 2.45) is 5.41 Å². The van der Waals surface area contributed by atoms with E-state index in [0.717, 1.165) is 10.5 Å². The lowest BCUT2D eigenvalue weighted by Crippen LogP contribution is -2.37. The van der Waals surface area contributed by atoms with Crippen molar-refractivity contribution in [2.45, 2.75) is 24.2 Å². The SMILES string of the molecule is CSc1cccc(CC(=O)N2CC[C@]3(CC(=O)NC3=O)C2)c1. The summed E-state index contributed by atoms with van der Waals surface area (Å²) in [7, 11) is 0. The number of likely N-dealkylation sites (tertiary alicyclic amines) is 1. The molecule has 0 saturated carbocycles. The average Bonchev–Trinajstić information content (AvgIpc) is 3.04. The van der Waals surface area contributed by atoms with Gasteiger partial charge >= 0.3 is 0 Å². The zero-order valence-electron chi connectivity index (χ0n) is 12.4. The molecule has 1 aromatic carbocycles. The molecule has 0 aliphatic carbocycles. The minimum Gasteiger partial charge on any atom is -0.341 e. The van der Waals surface area contributed by atoms with Crippen LogP contribution in [0.25, 0.3) is 0 Å². The lowest BCUT2D eigenvalue weighted by atomic mass is 9.85. The first-order chi connectivity index (χ1) is 10.5. The van der Waals surface area contributed by atoms with E-state index >= 15 is 0 Å². The molecule has 1 spiro atoms. The number of carbonyl (C=O) groups excluding carboxylic acids is 3. The molecule has 5 nitrogen and oxygen atoms in total. The van der Waals surface area contributed by atoms with Gasteiger partial charge in [-0.15, -0.1) is 11.8 Å². The van der Waals surface area contributed by atoms with Gasteiger partial charge < -0.3 is 4.90 Å². The number of thioether (sulfide) groups is 1. The molecule has 0 bridgehead atoms. The Labute approximate surface area is 133 Å². The minimum absolute atomic E-state index is 0.0160. The Morgan fingerprint density at radius 2 is 2.23 bits per heavy atom. The highest BCUT2D eigenvalue weighted by Crippen LogP contribution is 2.37. The van der Waals surface area contributed by atoms with Crippen molar-refractivity contribution in [2.75, 3.05) is 19.3 Å². The molecule has 2 saturated heterocycles. The summed E-state index contributed by atoms with van der Waals surface area (Å²) in [6.07, 6.45) is 3.11. The van der Waals surface area contributed by atoms with Crippen molar-refractivity contribution in [3.63, 3.8) is 0 Å². The van der Waals surface area contributed by atoms with Gasteiger partial charge in [-0.3, -0.25) is 19.7 Å². The van der Waals surface area contributed by atoms with Crippen LogP contribution in [0.4, 0.5) is 0 Å². The second-order valence-corrected chi connectivity index (χ2v) is 6.81. The number of hydrogen-bond acceptors (Lipinski definition) is 4. The molecule has 3 rings (SSSR count). The topological polar surface area (TPSA) is 66.5 Å². The highest BCUT2D eigenvalue weighted by atomic mass is 32.2. The van der Waals surface area contributed by atoms with E-state index in [4.69, 9.17) is 0 Å². The Hall–Kier alpha value is -1.82. The highest BCUT2D eigenvalue weighted by Gasteiger charge is 2.51. The maximum Gasteiger partial charge on any atom is 0.235 e. The lowest BCUT2D eigenvalue weighted by molar-refractivity contribution is -0.131. The summed E-state index contributed by atoms with van der Waals surface area (Å²) in [4.78, 5) is 38.6. The van der Waals surface area contributed by atoms with E-state index in [0.29, 0.717) is 25.9 Å². The number of imide groups is 1. The summed E-state index contributed by atoms with van der Waals surface area (Å²) in [6.45, 7) is 0.896. The van der Waals surface area contributed by atoms with Crippen molar-refractivity contribution in [3.8, 4) is 0 Å². The normalized spacial score (nSPS) is 24.1. The maximum absolute atomic E-state index is 12.4. The molecule has 2 aliphatic heterocycles. The fraction of sp³-hybridized carbons (Fsp3) is 0.438. The van der Waals surface area contributed by atoms with E-state index in [1.807, 2.05) is 30.5 Å². The monoisotopic (exact) mass is 318 g/mol. The number of carbonyl (C=O) groups is 3. The van der Waals surface area contributed by atoms with Gasteiger partial charge in [-0.2, -0.15) is 0 Å². The molecular formula is C16H18N2O3S. The van der Waals surface area contributed by atoms with Crippen molar-refractivity contribution < 1.29 is 14.4 Å². The molecule has 0 unspecified atom stereocenters. The first-order valence-electron chi connectivity index (χ1n) is 7.27. The molecular weight excluding hydrogens is 300 g/mol. The number of nitrogens with zero attached hydrogens (tertiary/aromatic N) is 1. The summed E-state index contributed by atoms with van der Waals surface area (Å²) in [6, 6.07) is 7.91. The molecule has 2 fully saturated rings. The summed E-state index contributed by atoms with van der Waals surface area (Å²) < 4.78 is 0. The zero-order valence-corrected chi connectivity index (χ0v) is 13.2. The third-order valence-corrected chi connectivity index (χ3v) is 5.15. The van der Waals surface area contributed by atoms with Gasteiger partial charge in [-0.1, -0.05) is 12.1 Å². The second kappa shape index (κ2) is 5.76. The first kappa shape index (κ1) is 15.1. The van der Waals surface area contributed by atoms with Crippen molar-refractivity contribution in [1.29, 1.82) is 0 Å². The van der Waals surface area contributed by atoms with Gasteiger partial charge in [0.05, 0.1) is 11.8 Å². The average molecular weight is 318 g/mol. The van der Waals surface area contributed by atoms with E-state index < -0.39 is 5.41 Å². The predicted molar refractivity (Wildman–Crippen MR) is 83.3 cm³/mol. The lowest BCUT2D eigenvalue weighted by Gasteiger charge is -2.20. The Bertz CT molecular complexity index is 646. The van der Waals surface area contributed by atoms with Crippen LogP contribution >= 0.6 is 11.8 Å². The number of rotatable bonds is 3. The number of nitrogens with one attached hydrogen (secondary N) is 1. The fourth-order valence-corrected chi connectivity index (χ4v) is 3.66. The largest absolute Gasteiger partial charge is 0.341 e. The van der Waals surface area contributed by atoms with Crippen LogP contribution in [0.2, 0.25) is 0 Å². The van der Waals surface area contributed by atoms with Gasteiger partial charge in [-0.05, 0) is 30.4 Å². The van der Waals surface area contributed by atoms with Crippen LogP contribution in [0.5, 0.6) is 0 Å². The summed E-state index contributed by atoms with van der Waals surface area (Å²) in [5.41, 5.74) is 0.290. The first-order valence-corrected chi connectivity index (χ1v) is 8.50. The molecule has 6 heteroatoms. The van der Waals surface area contributed by atoms with E-state index in [1.165, 1.54) is 0 Å². The standard InChI is InChI=1S/C16H18N2O3S/c1-22-12-4-2-3-11(7-12)8-14(20)18-6-5-16(10-18)9-13(19)17-15(16)21/h2-4,7H,5-6,8-10H2,1H3,(H,17,19,21)/t16-/m0/s1. The maximum atomic E-state index is 12.4. The van der Waals surface area contributed by atoms with E-state index in [9.17, 15) is 14.4 Å². The second-order valence-electron chi connectivity index (χ2n) is 5.93. The van der Waals surface area contributed by atoms with Crippen molar-refractivity contribution in [1.82, 2.24) is 10.2 Å². The smallest absolute Gasteiger partial charge is 0.235 e. The van der Waals surface area contributed by atoms with Gasteiger partial charge in [0, 0.05) is 24.4 Å². The van der Waals surface area contributed by atoms with E-state index in [1.54, 1.807) is 16.7 Å². The number of hydrogen-bond donors (Lipinski definition) is 1.